The summed E-state index contributed by atoms with van der Waals surface area (Å²) in [4.78, 5) is 2.61. The van der Waals surface area contributed by atoms with E-state index in [2.05, 4.69) is 11.8 Å². The van der Waals surface area contributed by atoms with Gasteiger partial charge in [0.05, 0.1) is 0 Å². The van der Waals surface area contributed by atoms with E-state index in [9.17, 15) is 8.42 Å². The van der Waals surface area contributed by atoms with Gasteiger partial charge in [0.25, 0.3) is 10.0 Å². The molecule has 4 heterocycles. The summed E-state index contributed by atoms with van der Waals surface area (Å²) in [5, 5.41) is 0.0618. The maximum absolute atomic E-state index is 13.2. The van der Waals surface area contributed by atoms with Gasteiger partial charge in [0.2, 0.25) is 5.09 Å². The summed E-state index contributed by atoms with van der Waals surface area (Å²) in [6.45, 7) is 4.95. The molecule has 2 atom stereocenters. The Morgan fingerprint density at radius 1 is 1.08 bits per heavy atom. The Hall–Kier alpha value is -0.890. The van der Waals surface area contributed by atoms with Crippen LogP contribution in [0, 0.1) is 5.92 Å². The zero-order valence-electron chi connectivity index (χ0n) is 15.8. The topological polar surface area (TPSA) is 63.0 Å². The van der Waals surface area contributed by atoms with Gasteiger partial charge >= 0.3 is 0 Å². The highest BCUT2D eigenvalue weighted by atomic mass is 32.2. The lowest BCUT2D eigenvalue weighted by molar-refractivity contribution is 0.0752. The summed E-state index contributed by atoms with van der Waals surface area (Å²) in [5.41, 5.74) is 0. The van der Waals surface area contributed by atoms with Crippen molar-refractivity contribution in [2.75, 3.05) is 20.2 Å². The SMILES string of the molecule is COCc1ccc(S(=O)(=O)N2C3CCC2CC(N2CCC(C)CC2)C3)o1. The van der Waals surface area contributed by atoms with Gasteiger partial charge in [-0.05, 0) is 69.7 Å². The number of sulfonamides is 1. The van der Waals surface area contributed by atoms with E-state index >= 15 is 0 Å². The van der Waals surface area contributed by atoms with Gasteiger partial charge in [-0.3, -0.25) is 0 Å². The number of furan rings is 1. The Kier molecular flexibility index (Phi) is 5.16. The fourth-order valence-electron chi connectivity index (χ4n) is 5.01. The van der Waals surface area contributed by atoms with Crippen LogP contribution in [0.15, 0.2) is 21.6 Å². The van der Waals surface area contributed by atoms with Crippen LogP contribution < -0.4 is 0 Å². The first-order valence-electron chi connectivity index (χ1n) is 9.84. The van der Waals surface area contributed by atoms with Gasteiger partial charge in [-0.15, -0.1) is 0 Å². The van der Waals surface area contributed by atoms with Crippen molar-refractivity contribution in [2.24, 2.45) is 5.92 Å². The first-order chi connectivity index (χ1) is 12.5. The molecular weight excluding hydrogens is 352 g/mol. The molecule has 0 radical (unpaired) electrons. The van der Waals surface area contributed by atoms with Crippen LogP contribution in [0.4, 0.5) is 0 Å². The van der Waals surface area contributed by atoms with Crippen LogP contribution in [0.2, 0.25) is 0 Å². The van der Waals surface area contributed by atoms with Crippen molar-refractivity contribution in [3.05, 3.63) is 17.9 Å². The first-order valence-corrected chi connectivity index (χ1v) is 11.3. The van der Waals surface area contributed by atoms with E-state index in [0.29, 0.717) is 11.8 Å². The standard InChI is InChI=1S/C19H30N2O4S/c1-14-7-9-20(10-8-14)17-11-15-3-4-16(12-17)21(15)26(22,23)19-6-5-18(25-19)13-24-2/h5-6,14-17H,3-4,7-13H2,1-2H3. The van der Waals surface area contributed by atoms with Gasteiger partial charge in [-0.25, -0.2) is 8.42 Å². The number of rotatable bonds is 5. The van der Waals surface area contributed by atoms with Crippen molar-refractivity contribution >= 4 is 10.0 Å². The molecule has 0 aromatic carbocycles. The third kappa shape index (κ3) is 3.35. The number of hydrogen-bond donors (Lipinski definition) is 0. The molecule has 1 aromatic heterocycles. The van der Waals surface area contributed by atoms with E-state index in [1.807, 2.05) is 0 Å². The zero-order valence-corrected chi connectivity index (χ0v) is 16.6. The lowest BCUT2D eigenvalue weighted by atomic mass is 9.93. The highest BCUT2D eigenvalue weighted by Gasteiger charge is 2.49. The molecule has 2 bridgehead atoms. The van der Waals surface area contributed by atoms with Gasteiger partial charge in [-0.1, -0.05) is 6.92 Å². The molecule has 3 saturated heterocycles. The molecule has 3 aliphatic rings. The number of methoxy groups -OCH3 is 1. The molecule has 26 heavy (non-hydrogen) atoms. The lowest BCUT2D eigenvalue weighted by Crippen LogP contribution is -2.53. The van der Waals surface area contributed by atoms with Crippen LogP contribution in [-0.4, -0.2) is 55.9 Å². The van der Waals surface area contributed by atoms with E-state index in [0.717, 1.165) is 44.7 Å². The number of fused-ring (bicyclic) bond motifs is 2. The molecule has 146 valence electrons. The molecule has 0 aliphatic carbocycles. The van der Waals surface area contributed by atoms with Crippen LogP contribution in [0.25, 0.3) is 0 Å². The maximum Gasteiger partial charge on any atom is 0.276 e. The van der Waals surface area contributed by atoms with Crippen LogP contribution in [0.1, 0.15) is 51.2 Å². The van der Waals surface area contributed by atoms with Crippen LogP contribution in [-0.2, 0) is 21.4 Å². The van der Waals surface area contributed by atoms with Crippen LogP contribution in [0.5, 0.6) is 0 Å². The number of ether oxygens (including phenoxy) is 1. The fraction of sp³-hybridized carbons (Fsp3) is 0.789. The highest BCUT2D eigenvalue weighted by molar-refractivity contribution is 7.89. The summed E-state index contributed by atoms with van der Waals surface area (Å²) < 4.78 is 38.7. The molecule has 0 spiro atoms. The monoisotopic (exact) mass is 382 g/mol. The van der Waals surface area contributed by atoms with Crippen molar-refractivity contribution in [2.45, 2.75) is 75.3 Å². The smallest absolute Gasteiger partial charge is 0.276 e. The molecule has 6 nitrogen and oxygen atoms in total. The van der Waals surface area contributed by atoms with Crippen molar-refractivity contribution in [3.8, 4) is 0 Å². The molecule has 4 rings (SSSR count). The average molecular weight is 383 g/mol. The van der Waals surface area contributed by atoms with Gasteiger partial charge in [0.1, 0.15) is 12.4 Å². The summed E-state index contributed by atoms with van der Waals surface area (Å²) in [7, 11) is -1.99. The predicted octanol–water partition coefficient (Wildman–Crippen LogP) is 2.84. The van der Waals surface area contributed by atoms with E-state index in [4.69, 9.17) is 9.15 Å². The molecule has 0 amide bonds. The van der Waals surface area contributed by atoms with E-state index < -0.39 is 10.0 Å². The van der Waals surface area contributed by atoms with E-state index in [-0.39, 0.29) is 23.8 Å². The minimum Gasteiger partial charge on any atom is -0.446 e. The zero-order chi connectivity index (χ0) is 18.3. The number of hydrogen-bond acceptors (Lipinski definition) is 5. The van der Waals surface area contributed by atoms with Crippen molar-refractivity contribution in [1.29, 1.82) is 0 Å². The minimum absolute atomic E-state index is 0.0618. The fourth-order valence-corrected chi connectivity index (χ4v) is 6.84. The number of nitrogens with zero attached hydrogens (tertiary/aromatic N) is 2. The molecule has 7 heteroatoms. The van der Waals surface area contributed by atoms with Crippen LogP contribution >= 0.6 is 0 Å². The minimum atomic E-state index is -3.57. The Morgan fingerprint density at radius 3 is 2.35 bits per heavy atom. The molecule has 3 fully saturated rings. The number of likely N-dealkylation sites (tertiary alicyclic amines) is 1. The highest BCUT2D eigenvalue weighted by Crippen LogP contribution is 2.42. The molecule has 2 unspecified atom stereocenters. The first kappa shape index (κ1) is 18.5. The second-order valence-corrected chi connectivity index (χ2v) is 9.99. The second-order valence-electron chi connectivity index (χ2n) is 8.22. The summed E-state index contributed by atoms with van der Waals surface area (Å²) >= 11 is 0. The van der Waals surface area contributed by atoms with Gasteiger partial charge in [-0.2, -0.15) is 4.31 Å². The normalized spacial score (nSPS) is 31.5. The average Bonchev–Trinajstić information content (AvgIpc) is 3.19. The van der Waals surface area contributed by atoms with Gasteiger partial charge in [0, 0.05) is 25.2 Å². The maximum atomic E-state index is 13.2. The Morgan fingerprint density at radius 2 is 1.73 bits per heavy atom. The lowest BCUT2D eigenvalue weighted by Gasteiger charge is -2.44. The third-order valence-electron chi connectivity index (χ3n) is 6.43. The molecule has 0 N–H and O–H groups in total. The summed E-state index contributed by atoms with van der Waals surface area (Å²) in [6, 6.07) is 4.02. The second kappa shape index (κ2) is 7.26. The van der Waals surface area contributed by atoms with Crippen molar-refractivity contribution in [3.63, 3.8) is 0 Å². The van der Waals surface area contributed by atoms with Gasteiger partial charge in [0.15, 0.2) is 0 Å². The Labute approximate surface area is 156 Å². The quantitative estimate of drug-likeness (QED) is 0.784. The molecule has 0 saturated carbocycles. The van der Waals surface area contributed by atoms with Crippen LogP contribution in [0.3, 0.4) is 0 Å². The van der Waals surface area contributed by atoms with E-state index in [1.54, 1.807) is 23.5 Å². The van der Waals surface area contributed by atoms with Gasteiger partial charge < -0.3 is 14.1 Å². The van der Waals surface area contributed by atoms with Crippen molar-refractivity contribution in [1.82, 2.24) is 9.21 Å². The van der Waals surface area contributed by atoms with E-state index in [1.165, 1.54) is 12.8 Å². The van der Waals surface area contributed by atoms with Crippen molar-refractivity contribution < 1.29 is 17.6 Å². The summed E-state index contributed by atoms with van der Waals surface area (Å²) in [6.07, 6.45) is 6.38. The third-order valence-corrected chi connectivity index (χ3v) is 8.31. The molecule has 1 aromatic rings. The molecular formula is C19H30N2O4S. The molecule has 3 aliphatic heterocycles. The predicted molar refractivity (Wildman–Crippen MR) is 98.2 cm³/mol. The largest absolute Gasteiger partial charge is 0.446 e. The number of piperidine rings is 2. The Balaban J connectivity index is 1.49. The summed E-state index contributed by atoms with van der Waals surface area (Å²) in [5.74, 6) is 1.37. The Bertz CT molecular complexity index is 710.